The largest absolute Gasteiger partial charge is 0.434 e. The summed E-state index contributed by atoms with van der Waals surface area (Å²) in [4.78, 5) is 18.3. The average molecular weight is 464 g/mol. The van der Waals surface area contributed by atoms with Gasteiger partial charge in [0.05, 0.1) is 12.6 Å². The van der Waals surface area contributed by atoms with Crippen LogP contribution >= 0.6 is 0 Å². The molecule has 1 aliphatic heterocycles. The number of amides is 1. The molecule has 2 aromatic carbocycles. The average Bonchev–Trinajstić information content (AvgIpc) is 3.17. The van der Waals surface area contributed by atoms with Crippen LogP contribution in [0.1, 0.15) is 35.1 Å². The SMILES string of the molecule is N[C@@H](CC(=O)N1Cc2nc(C(F)(F)F)cn2CC1c1ccc(F)cc1)Cc1cccc(F)c1. The minimum absolute atomic E-state index is 0.0366. The summed E-state index contributed by atoms with van der Waals surface area (Å²) in [5.41, 5.74) is 6.31. The van der Waals surface area contributed by atoms with E-state index in [0.29, 0.717) is 11.1 Å². The first-order chi connectivity index (χ1) is 15.6. The van der Waals surface area contributed by atoms with Gasteiger partial charge in [-0.2, -0.15) is 13.2 Å². The van der Waals surface area contributed by atoms with Crippen LogP contribution in [-0.4, -0.2) is 26.4 Å². The van der Waals surface area contributed by atoms with Crippen molar-refractivity contribution >= 4 is 5.91 Å². The lowest BCUT2D eigenvalue weighted by Crippen LogP contribution is -2.43. The van der Waals surface area contributed by atoms with Crippen LogP contribution in [0.2, 0.25) is 0 Å². The summed E-state index contributed by atoms with van der Waals surface area (Å²) >= 11 is 0. The fourth-order valence-corrected chi connectivity index (χ4v) is 4.04. The summed E-state index contributed by atoms with van der Waals surface area (Å²) in [5.74, 6) is -1.15. The first-order valence-electron chi connectivity index (χ1n) is 10.3. The number of benzene rings is 2. The highest BCUT2D eigenvalue weighted by Crippen LogP contribution is 2.34. The first-order valence-corrected chi connectivity index (χ1v) is 10.3. The molecule has 1 aromatic heterocycles. The molecule has 10 heteroatoms. The van der Waals surface area contributed by atoms with Gasteiger partial charge in [-0.1, -0.05) is 24.3 Å². The topological polar surface area (TPSA) is 64.2 Å². The Hall–Kier alpha value is -3.27. The Morgan fingerprint density at radius 2 is 1.85 bits per heavy atom. The quantitative estimate of drug-likeness (QED) is 0.575. The van der Waals surface area contributed by atoms with E-state index in [1.807, 2.05) is 0 Å². The molecule has 5 nitrogen and oxygen atoms in total. The lowest BCUT2D eigenvalue weighted by atomic mass is 10.00. The molecule has 1 unspecified atom stereocenters. The van der Waals surface area contributed by atoms with E-state index >= 15 is 0 Å². The molecule has 2 atom stereocenters. The van der Waals surface area contributed by atoms with E-state index in [2.05, 4.69) is 4.98 Å². The number of halogens is 5. The summed E-state index contributed by atoms with van der Waals surface area (Å²) in [5, 5.41) is 0. The lowest BCUT2D eigenvalue weighted by Gasteiger charge is -2.37. The molecule has 1 amide bonds. The van der Waals surface area contributed by atoms with E-state index < -0.39 is 35.6 Å². The molecule has 0 fully saturated rings. The molecule has 0 bridgehead atoms. The molecule has 33 heavy (non-hydrogen) atoms. The van der Waals surface area contributed by atoms with Crippen LogP contribution < -0.4 is 5.73 Å². The van der Waals surface area contributed by atoms with E-state index in [0.717, 1.165) is 6.20 Å². The van der Waals surface area contributed by atoms with Crippen LogP contribution in [0.15, 0.2) is 54.7 Å². The molecule has 2 N–H and O–H groups in total. The Morgan fingerprint density at radius 3 is 2.52 bits per heavy atom. The molecule has 4 rings (SSSR count). The third kappa shape index (κ3) is 5.22. The number of nitrogens with zero attached hydrogens (tertiary/aromatic N) is 3. The molecular weight excluding hydrogens is 443 g/mol. The van der Waals surface area contributed by atoms with Crippen LogP contribution in [0.25, 0.3) is 0 Å². The highest BCUT2D eigenvalue weighted by atomic mass is 19.4. The van der Waals surface area contributed by atoms with Gasteiger partial charge in [-0.05, 0) is 41.8 Å². The van der Waals surface area contributed by atoms with E-state index in [9.17, 15) is 26.7 Å². The number of nitrogens with two attached hydrogens (primary N) is 1. The van der Waals surface area contributed by atoms with Gasteiger partial charge in [-0.25, -0.2) is 13.8 Å². The van der Waals surface area contributed by atoms with Gasteiger partial charge in [0, 0.05) is 25.2 Å². The first kappa shape index (κ1) is 22.9. The van der Waals surface area contributed by atoms with Gasteiger partial charge in [0.15, 0.2) is 5.69 Å². The maximum atomic E-state index is 13.4. The van der Waals surface area contributed by atoms with Crippen molar-refractivity contribution in [2.24, 2.45) is 5.73 Å². The number of hydrogen-bond acceptors (Lipinski definition) is 3. The Morgan fingerprint density at radius 1 is 1.12 bits per heavy atom. The Labute approximate surface area is 186 Å². The number of alkyl halides is 3. The minimum atomic E-state index is -4.61. The Bertz CT molecular complexity index is 1140. The van der Waals surface area contributed by atoms with E-state index in [-0.39, 0.29) is 37.7 Å². The highest BCUT2D eigenvalue weighted by molar-refractivity contribution is 5.77. The second-order valence-electron chi connectivity index (χ2n) is 8.08. The van der Waals surface area contributed by atoms with Crippen molar-refractivity contribution in [2.75, 3.05) is 0 Å². The second kappa shape index (κ2) is 8.93. The Kier molecular flexibility index (Phi) is 6.20. The maximum absolute atomic E-state index is 13.4. The third-order valence-corrected chi connectivity index (χ3v) is 5.61. The van der Waals surface area contributed by atoms with Crippen LogP contribution in [0, 0.1) is 11.6 Å². The number of hydrogen-bond donors (Lipinski definition) is 1. The third-order valence-electron chi connectivity index (χ3n) is 5.61. The van der Waals surface area contributed by atoms with Gasteiger partial charge in [0.1, 0.15) is 17.5 Å². The molecular formula is C23H21F5N4O. The van der Waals surface area contributed by atoms with Gasteiger partial charge in [-0.3, -0.25) is 4.79 Å². The zero-order valence-electron chi connectivity index (χ0n) is 17.4. The molecule has 0 saturated carbocycles. The van der Waals surface area contributed by atoms with Gasteiger partial charge < -0.3 is 15.2 Å². The predicted molar refractivity (Wildman–Crippen MR) is 110 cm³/mol. The van der Waals surface area contributed by atoms with Crippen LogP contribution in [-0.2, 0) is 30.5 Å². The maximum Gasteiger partial charge on any atom is 0.434 e. The molecule has 1 aliphatic rings. The Balaban J connectivity index is 1.58. The van der Waals surface area contributed by atoms with E-state index in [1.165, 1.54) is 45.9 Å². The summed E-state index contributed by atoms with van der Waals surface area (Å²) in [7, 11) is 0. The normalized spacial score (nSPS) is 17.0. The molecule has 0 saturated heterocycles. The number of carbonyl (C=O) groups excluding carboxylic acids is 1. The number of fused-ring (bicyclic) bond motifs is 1. The highest BCUT2D eigenvalue weighted by Gasteiger charge is 2.38. The van der Waals surface area contributed by atoms with Gasteiger partial charge in [-0.15, -0.1) is 0 Å². The molecule has 3 aromatic rings. The standard InChI is InChI=1S/C23H21F5N4O/c24-16-6-4-15(5-7-16)19-11-31-12-20(23(26,27)28)30-21(31)13-32(19)22(33)10-18(29)9-14-2-1-3-17(25)8-14/h1-8,12,18-19H,9-11,13,29H2/t18-,19?/m1/s1. The van der Waals surface area contributed by atoms with Crippen molar-refractivity contribution in [3.05, 3.63) is 89.0 Å². The second-order valence-corrected chi connectivity index (χ2v) is 8.08. The summed E-state index contributed by atoms with van der Waals surface area (Å²) in [6.07, 6.45) is -3.53. The van der Waals surface area contributed by atoms with Gasteiger partial charge in [0.2, 0.25) is 5.91 Å². The van der Waals surface area contributed by atoms with Crippen molar-refractivity contribution in [2.45, 2.75) is 44.2 Å². The number of aromatic nitrogens is 2. The van der Waals surface area contributed by atoms with Crippen LogP contribution in [0.3, 0.4) is 0 Å². The smallest absolute Gasteiger partial charge is 0.330 e. The van der Waals surface area contributed by atoms with Gasteiger partial charge in [0.25, 0.3) is 0 Å². The molecule has 2 heterocycles. The van der Waals surface area contributed by atoms with Crippen LogP contribution in [0.5, 0.6) is 0 Å². The summed E-state index contributed by atoms with van der Waals surface area (Å²) < 4.78 is 67.7. The molecule has 0 radical (unpaired) electrons. The lowest BCUT2D eigenvalue weighted by molar-refractivity contribution is -0.141. The van der Waals surface area contributed by atoms with Crippen molar-refractivity contribution in [3.63, 3.8) is 0 Å². The van der Waals surface area contributed by atoms with Crippen molar-refractivity contribution in [1.29, 1.82) is 0 Å². The summed E-state index contributed by atoms with van der Waals surface area (Å²) in [6.45, 7) is -0.113. The van der Waals surface area contributed by atoms with Crippen molar-refractivity contribution < 1.29 is 26.7 Å². The molecule has 0 aliphatic carbocycles. The molecule has 174 valence electrons. The zero-order valence-corrected chi connectivity index (χ0v) is 17.4. The summed E-state index contributed by atoms with van der Waals surface area (Å²) in [6, 6.07) is 10.1. The predicted octanol–water partition coefficient (Wildman–Crippen LogP) is 4.22. The van der Waals surface area contributed by atoms with E-state index in [1.54, 1.807) is 12.1 Å². The van der Waals surface area contributed by atoms with Crippen molar-refractivity contribution in [3.8, 4) is 0 Å². The minimum Gasteiger partial charge on any atom is -0.330 e. The fraction of sp³-hybridized carbons (Fsp3) is 0.304. The molecule has 0 spiro atoms. The fourth-order valence-electron chi connectivity index (χ4n) is 4.04. The van der Waals surface area contributed by atoms with E-state index in [4.69, 9.17) is 5.73 Å². The number of carbonyl (C=O) groups is 1. The zero-order chi connectivity index (χ0) is 23.8. The number of rotatable bonds is 5. The van der Waals surface area contributed by atoms with Crippen molar-refractivity contribution in [1.82, 2.24) is 14.5 Å². The van der Waals surface area contributed by atoms with Gasteiger partial charge >= 0.3 is 6.18 Å². The monoisotopic (exact) mass is 464 g/mol. The van der Waals surface area contributed by atoms with Crippen LogP contribution in [0.4, 0.5) is 22.0 Å². The number of imidazole rings is 1.